The number of carbonyl (C=O) groups is 4. The Labute approximate surface area is 654 Å². The summed E-state index contributed by atoms with van der Waals surface area (Å²) in [6.07, 6.45) is 95.8. The van der Waals surface area contributed by atoms with Gasteiger partial charge >= 0.3 is 39.5 Å². The van der Waals surface area contributed by atoms with Crippen LogP contribution in [-0.4, -0.2) is 96.7 Å². The lowest BCUT2D eigenvalue weighted by molar-refractivity contribution is -0.161. The van der Waals surface area contributed by atoms with E-state index < -0.39 is 97.5 Å². The molecule has 0 amide bonds. The van der Waals surface area contributed by atoms with Gasteiger partial charge in [0.15, 0.2) is 12.2 Å². The lowest BCUT2D eigenvalue weighted by Gasteiger charge is -2.21. The van der Waals surface area contributed by atoms with E-state index in [-0.39, 0.29) is 25.7 Å². The smallest absolute Gasteiger partial charge is 0.462 e. The molecular formula is C89H144O17P2. The maximum atomic E-state index is 13.1. The molecule has 0 aliphatic heterocycles. The third-order valence-corrected chi connectivity index (χ3v) is 18.3. The van der Waals surface area contributed by atoms with Gasteiger partial charge in [0, 0.05) is 25.7 Å². The third kappa shape index (κ3) is 78.3. The minimum Gasteiger partial charge on any atom is -0.462 e. The van der Waals surface area contributed by atoms with Gasteiger partial charge in [-0.15, -0.1) is 0 Å². The van der Waals surface area contributed by atoms with Crippen molar-refractivity contribution in [3.63, 3.8) is 0 Å². The second-order valence-corrected chi connectivity index (χ2v) is 29.4. The van der Waals surface area contributed by atoms with Crippen LogP contribution in [-0.2, 0) is 65.4 Å². The van der Waals surface area contributed by atoms with E-state index in [2.05, 4.69) is 198 Å². The number of allylic oxidation sites excluding steroid dienone is 30. The molecule has 17 nitrogen and oxygen atoms in total. The zero-order valence-electron chi connectivity index (χ0n) is 66.9. The molecule has 5 atom stereocenters. The maximum Gasteiger partial charge on any atom is 0.472 e. The van der Waals surface area contributed by atoms with Crippen LogP contribution in [0.4, 0.5) is 0 Å². The van der Waals surface area contributed by atoms with Gasteiger partial charge in [0.2, 0.25) is 0 Å². The molecule has 0 aromatic rings. The standard InChI is InChI=1S/C89H144O17P2/c1-5-9-13-17-21-25-29-33-37-40-41-44-47-50-54-58-62-66-70-74-87(92)100-80-85(106-89(94)76-72-68-64-60-56-52-48-43-39-35-31-27-23-19-15-11-7-3)82-104-108(97,98)102-78-83(90)77-101-107(95,96)103-81-84(105-88(93)75-71-67-63-59-55-51-45-36-32-28-24-20-16-12-8-4)79-99-86(91)73-69-65-61-57-53-49-46-42-38-34-30-26-22-18-14-10-6-2/h9-16,21-28,33-39,41,44-45,48,52,60,64,83-85,90H,5-8,17-20,29-32,40,42-43,46-47,49-51,53-59,61-63,65-82H2,1-4H3,(H,95,96)(H,97,98)/b13-9-,14-10-,15-11-,16-12-,25-21-,26-22-,27-23-,28-24-,37-33-,38-34-,39-35-,44-41-,45-36-,52-48-,64-60-. The van der Waals surface area contributed by atoms with Crippen molar-refractivity contribution in [3.8, 4) is 0 Å². The average Bonchev–Trinajstić information content (AvgIpc) is 0.900. The van der Waals surface area contributed by atoms with Crippen LogP contribution < -0.4 is 0 Å². The summed E-state index contributed by atoms with van der Waals surface area (Å²) in [5, 5.41) is 10.7. The van der Waals surface area contributed by atoms with Gasteiger partial charge in [-0.1, -0.05) is 287 Å². The van der Waals surface area contributed by atoms with Crippen molar-refractivity contribution in [2.45, 2.75) is 316 Å². The zero-order chi connectivity index (χ0) is 78.9. The Balaban J connectivity index is 5.47. The summed E-state index contributed by atoms with van der Waals surface area (Å²) in [7, 11) is -10.0. The van der Waals surface area contributed by atoms with Crippen molar-refractivity contribution >= 4 is 39.5 Å². The van der Waals surface area contributed by atoms with Gasteiger partial charge in [0.25, 0.3) is 0 Å². The number of ether oxygens (including phenoxy) is 4. The highest BCUT2D eigenvalue weighted by atomic mass is 31.2. The molecule has 0 fully saturated rings. The number of aliphatic hydroxyl groups is 1. The number of rotatable bonds is 75. The fourth-order valence-electron chi connectivity index (χ4n) is 10.3. The van der Waals surface area contributed by atoms with Gasteiger partial charge in [0.1, 0.15) is 19.3 Å². The van der Waals surface area contributed by atoms with E-state index >= 15 is 0 Å². The molecule has 3 N–H and O–H groups in total. The summed E-state index contributed by atoms with van der Waals surface area (Å²) in [6.45, 7) is 4.31. The average molecular weight is 1550 g/mol. The van der Waals surface area contributed by atoms with E-state index in [4.69, 9.17) is 37.0 Å². The molecule has 0 aliphatic carbocycles. The predicted octanol–water partition coefficient (Wildman–Crippen LogP) is 24.3. The van der Waals surface area contributed by atoms with Crippen LogP contribution in [0.25, 0.3) is 0 Å². The fraction of sp³-hybridized carbons (Fsp3) is 0.618. The normalized spacial score (nSPS) is 14.8. The first-order chi connectivity index (χ1) is 52.7. The van der Waals surface area contributed by atoms with Crippen LogP contribution in [0.1, 0.15) is 297 Å². The number of esters is 4. The van der Waals surface area contributed by atoms with Gasteiger partial charge in [-0.05, 0) is 167 Å². The molecular weight excluding hydrogens is 1400 g/mol. The molecule has 0 aromatic carbocycles. The van der Waals surface area contributed by atoms with Gasteiger partial charge in [-0.25, -0.2) is 9.13 Å². The molecule has 5 unspecified atom stereocenters. The predicted molar refractivity (Wildman–Crippen MR) is 445 cm³/mol. The van der Waals surface area contributed by atoms with Crippen molar-refractivity contribution in [2.24, 2.45) is 0 Å². The van der Waals surface area contributed by atoms with Crippen molar-refractivity contribution in [3.05, 3.63) is 182 Å². The minimum atomic E-state index is -5.01. The summed E-state index contributed by atoms with van der Waals surface area (Å²) >= 11 is 0. The van der Waals surface area contributed by atoms with Gasteiger partial charge in [-0.3, -0.25) is 37.3 Å². The highest BCUT2D eigenvalue weighted by Crippen LogP contribution is 2.45. The van der Waals surface area contributed by atoms with E-state index in [0.717, 1.165) is 212 Å². The molecule has 0 saturated heterocycles. The molecule has 0 heterocycles. The lowest BCUT2D eigenvalue weighted by Crippen LogP contribution is -2.30. The first kappa shape index (κ1) is 102. The molecule has 0 spiro atoms. The van der Waals surface area contributed by atoms with E-state index in [1.165, 1.54) is 0 Å². The van der Waals surface area contributed by atoms with E-state index in [1.807, 2.05) is 12.2 Å². The van der Waals surface area contributed by atoms with Gasteiger partial charge in [0.05, 0.1) is 26.4 Å². The molecule has 0 aliphatic rings. The number of phosphoric acid groups is 2. The summed E-state index contributed by atoms with van der Waals surface area (Å²) < 4.78 is 68.6. The van der Waals surface area contributed by atoms with Crippen LogP contribution in [0.3, 0.4) is 0 Å². The monoisotopic (exact) mass is 1550 g/mol. The van der Waals surface area contributed by atoms with Crippen LogP contribution in [0, 0.1) is 0 Å². The molecule has 0 aromatic heterocycles. The van der Waals surface area contributed by atoms with Gasteiger partial charge in [-0.2, -0.15) is 0 Å². The number of aliphatic hydroxyl groups excluding tert-OH is 1. The topological polar surface area (TPSA) is 237 Å². The molecule has 0 bridgehead atoms. The third-order valence-electron chi connectivity index (χ3n) is 16.4. The summed E-state index contributed by atoms with van der Waals surface area (Å²) in [6, 6.07) is 0. The van der Waals surface area contributed by atoms with E-state index in [9.17, 15) is 43.2 Å². The Morgan fingerprint density at radius 2 is 0.463 bits per heavy atom. The zero-order valence-corrected chi connectivity index (χ0v) is 68.7. The van der Waals surface area contributed by atoms with E-state index in [1.54, 1.807) is 0 Å². The number of phosphoric ester groups is 2. The first-order valence-corrected chi connectivity index (χ1v) is 44.0. The first-order valence-electron chi connectivity index (χ1n) is 41.0. The Morgan fingerprint density at radius 3 is 0.731 bits per heavy atom. The highest BCUT2D eigenvalue weighted by Gasteiger charge is 2.30. The number of carbonyl (C=O) groups excluding carboxylic acids is 4. The summed E-state index contributed by atoms with van der Waals surface area (Å²) in [5.74, 6) is -2.30. The molecule has 0 rings (SSSR count). The second-order valence-electron chi connectivity index (χ2n) is 26.5. The molecule has 108 heavy (non-hydrogen) atoms. The Bertz CT molecular complexity index is 2760. The van der Waals surface area contributed by atoms with Crippen LogP contribution in [0.15, 0.2) is 182 Å². The van der Waals surface area contributed by atoms with Crippen molar-refractivity contribution < 1.29 is 80.2 Å². The maximum absolute atomic E-state index is 13.1. The SMILES string of the molecule is CC/C=C\C/C=C\C/C=C\C/C=C\C/C=C\CCCC(=O)OC(COC(=O)CCCCCCCC/C=C\C/C=C\C/C=C\C/C=C\CC)COP(=O)(O)OCC(O)COP(=O)(O)OCC(COC(=O)CCCCCCCCC/C=C\C/C=C\C/C=C\CC)OC(=O)CCCCCCC/C=C\C/C=C\C/C=C\CC. The number of hydrogen-bond donors (Lipinski definition) is 3. The quantitative estimate of drug-likeness (QED) is 0.0169. The minimum absolute atomic E-state index is 0.00609. The van der Waals surface area contributed by atoms with E-state index in [0.29, 0.717) is 32.1 Å². The molecule has 19 heteroatoms. The fourth-order valence-corrected chi connectivity index (χ4v) is 11.9. The van der Waals surface area contributed by atoms with Crippen LogP contribution >= 0.6 is 15.6 Å². The summed E-state index contributed by atoms with van der Waals surface area (Å²) in [4.78, 5) is 73.2. The molecule has 0 saturated carbocycles. The van der Waals surface area contributed by atoms with Crippen molar-refractivity contribution in [1.82, 2.24) is 0 Å². The van der Waals surface area contributed by atoms with Crippen LogP contribution in [0.5, 0.6) is 0 Å². The highest BCUT2D eigenvalue weighted by molar-refractivity contribution is 7.47. The Kier molecular flexibility index (Phi) is 75.0. The number of hydrogen-bond acceptors (Lipinski definition) is 15. The van der Waals surface area contributed by atoms with Crippen molar-refractivity contribution in [1.29, 1.82) is 0 Å². The number of unbranched alkanes of at least 4 members (excludes halogenated alkanes) is 19. The largest absolute Gasteiger partial charge is 0.472 e. The second kappa shape index (κ2) is 79.3. The van der Waals surface area contributed by atoms with Gasteiger partial charge < -0.3 is 33.8 Å². The van der Waals surface area contributed by atoms with Crippen LogP contribution in [0.2, 0.25) is 0 Å². The Morgan fingerprint density at radius 1 is 0.259 bits per heavy atom. The molecule has 612 valence electrons. The lowest BCUT2D eigenvalue weighted by atomic mass is 10.1. The summed E-state index contributed by atoms with van der Waals surface area (Å²) in [5.41, 5.74) is 0. The molecule has 0 radical (unpaired) electrons. The Hall–Kier alpha value is -5.84. The van der Waals surface area contributed by atoms with Crippen molar-refractivity contribution in [2.75, 3.05) is 39.6 Å².